The van der Waals surface area contributed by atoms with Crippen LogP contribution >= 0.6 is 0 Å². The molecular weight excluding hydrogens is 388 g/mol. The van der Waals surface area contributed by atoms with Gasteiger partial charge in [0.2, 0.25) is 5.43 Å². The van der Waals surface area contributed by atoms with E-state index >= 15 is 0 Å². The van der Waals surface area contributed by atoms with Crippen molar-refractivity contribution >= 4 is 10.9 Å². The van der Waals surface area contributed by atoms with Gasteiger partial charge in [-0.05, 0) is 24.6 Å². The normalized spacial score (nSPS) is 11.8. The molecule has 3 aromatic rings. The van der Waals surface area contributed by atoms with Crippen molar-refractivity contribution in [1.29, 1.82) is 0 Å². The third kappa shape index (κ3) is 3.97. The van der Waals surface area contributed by atoms with Crippen molar-refractivity contribution < 1.29 is 22.3 Å². The Labute approximate surface area is 164 Å². The number of fused-ring (bicyclic) bond motifs is 1. The number of ether oxygens (including phenoxy) is 1. The van der Waals surface area contributed by atoms with Crippen molar-refractivity contribution in [3.63, 3.8) is 0 Å². The number of aromatic nitrogens is 2. The van der Waals surface area contributed by atoms with Gasteiger partial charge in [-0.1, -0.05) is 38.0 Å². The average molecular weight is 408 g/mol. The second-order valence-corrected chi connectivity index (χ2v) is 6.62. The molecule has 2 aromatic carbocycles. The third-order valence-corrected chi connectivity index (χ3v) is 4.68. The zero-order chi connectivity index (χ0) is 21.2. The van der Waals surface area contributed by atoms with E-state index in [1.54, 1.807) is 12.1 Å². The summed E-state index contributed by atoms with van der Waals surface area (Å²) in [7, 11) is 1.44. The number of hydrogen-bond acceptors (Lipinski definition) is 3. The molecule has 0 aliphatic carbocycles. The van der Waals surface area contributed by atoms with Gasteiger partial charge >= 0.3 is 6.18 Å². The molecule has 1 heterocycles. The van der Waals surface area contributed by atoms with Gasteiger partial charge in [0.15, 0.2) is 0 Å². The van der Waals surface area contributed by atoms with Crippen LogP contribution in [0.3, 0.4) is 0 Å². The van der Waals surface area contributed by atoms with Gasteiger partial charge in [0.1, 0.15) is 28.3 Å². The van der Waals surface area contributed by atoms with Gasteiger partial charge < -0.3 is 4.74 Å². The molecule has 0 aliphatic rings. The topological polar surface area (TPSA) is 44.1 Å². The summed E-state index contributed by atoms with van der Waals surface area (Å²) in [6.07, 6.45) is -2.43. The van der Waals surface area contributed by atoms with Crippen LogP contribution in [-0.4, -0.2) is 16.9 Å². The summed E-state index contributed by atoms with van der Waals surface area (Å²) in [6.45, 7) is 2.40. The zero-order valence-electron chi connectivity index (χ0n) is 16.0. The lowest BCUT2D eigenvalue weighted by Gasteiger charge is -2.17. The van der Waals surface area contributed by atoms with Crippen LogP contribution in [0.5, 0.6) is 5.75 Å². The van der Waals surface area contributed by atoms with Crippen molar-refractivity contribution in [3.05, 3.63) is 58.0 Å². The lowest BCUT2D eigenvalue weighted by Crippen LogP contribution is -2.20. The van der Waals surface area contributed by atoms with Gasteiger partial charge in [0.25, 0.3) is 0 Å². The molecular formula is C21H20F4N2O2. The number of alkyl halides is 3. The first-order chi connectivity index (χ1) is 13.8. The highest BCUT2D eigenvalue weighted by atomic mass is 19.4. The quantitative estimate of drug-likeness (QED) is 0.404. The van der Waals surface area contributed by atoms with E-state index in [2.05, 4.69) is 5.10 Å². The minimum Gasteiger partial charge on any atom is -0.494 e. The Hall–Kier alpha value is -2.90. The maximum atomic E-state index is 14.1. The third-order valence-electron chi connectivity index (χ3n) is 4.68. The summed E-state index contributed by atoms with van der Waals surface area (Å²) in [4.78, 5) is 13.0. The first-order valence-corrected chi connectivity index (χ1v) is 9.23. The summed E-state index contributed by atoms with van der Waals surface area (Å²) in [5, 5.41) is 4.39. The summed E-state index contributed by atoms with van der Waals surface area (Å²) >= 11 is 0. The summed E-state index contributed by atoms with van der Waals surface area (Å²) in [6, 6.07) is 7.67. The van der Waals surface area contributed by atoms with Crippen LogP contribution in [0.4, 0.5) is 17.6 Å². The lowest BCUT2D eigenvalue weighted by atomic mass is 10.0. The van der Waals surface area contributed by atoms with E-state index in [0.29, 0.717) is 24.2 Å². The molecule has 0 N–H and O–H groups in total. The SMILES string of the molecule is CCCCCn1nc(-c2cccc(F)c2C(F)(F)F)c(=O)c2cccc(OC)c21. The van der Waals surface area contributed by atoms with E-state index in [1.807, 2.05) is 6.92 Å². The number of halogens is 4. The zero-order valence-corrected chi connectivity index (χ0v) is 16.0. The average Bonchev–Trinajstić information content (AvgIpc) is 2.68. The number of rotatable bonds is 6. The summed E-state index contributed by atoms with van der Waals surface area (Å²) < 4.78 is 61.4. The second kappa shape index (κ2) is 8.23. The van der Waals surface area contributed by atoms with Crippen LogP contribution in [0.25, 0.3) is 22.2 Å². The number of hydrogen-bond donors (Lipinski definition) is 0. The number of nitrogens with zero attached hydrogens (tertiary/aromatic N) is 2. The Morgan fingerprint density at radius 3 is 2.48 bits per heavy atom. The van der Waals surface area contributed by atoms with Gasteiger partial charge in [-0.3, -0.25) is 9.48 Å². The molecule has 3 rings (SSSR count). The first-order valence-electron chi connectivity index (χ1n) is 9.23. The molecule has 0 saturated carbocycles. The van der Waals surface area contributed by atoms with E-state index in [9.17, 15) is 22.4 Å². The molecule has 4 nitrogen and oxygen atoms in total. The molecule has 0 fully saturated rings. The Morgan fingerprint density at radius 2 is 1.83 bits per heavy atom. The number of benzene rings is 2. The van der Waals surface area contributed by atoms with Gasteiger partial charge in [-0.2, -0.15) is 18.3 Å². The molecule has 0 amide bonds. The van der Waals surface area contributed by atoms with Gasteiger partial charge in [-0.15, -0.1) is 0 Å². The Balaban J connectivity index is 2.35. The minimum absolute atomic E-state index is 0.170. The van der Waals surface area contributed by atoms with E-state index in [4.69, 9.17) is 4.74 Å². The van der Waals surface area contributed by atoms with Crippen molar-refractivity contribution in [2.45, 2.75) is 38.9 Å². The van der Waals surface area contributed by atoms with E-state index in [0.717, 1.165) is 31.0 Å². The van der Waals surface area contributed by atoms with Gasteiger partial charge in [0, 0.05) is 12.1 Å². The van der Waals surface area contributed by atoms with Crippen LogP contribution in [0.15, 0.2) is 41.2 Å². The molecule has 0 radical (unpaired) electrons. The predicted molar refractivity (Wildman–Crippen MR) is 102 cm³/mol. The second-order valence-electron chi connectivity index (χ2n) is 6.62. The van der Waals surface area contributed by atoms with Crippen LogP contribution in [0.2, 0.25) is 0 Å². The summed E-state index contributed by atoms with van der Waals surface area (Å²) in [5.41, 5.74) is -2.80. The largest absolute Gasteiger partial charge is 0.494 e. The minimum atomic E-state index is -4.97. The maximum absolute atomic E-state index is 14.1. The number of para-hydroxylation sites is 1. The van der Waals surface area contributed by atoms with Crippen molar-refractivity contribution in [2.24, 2.45) is 0 Å². The number of methoxy groups -OCH3 is 1. The molecule has 0 bridgehead atoms. The molecule has 154 valence electrons. The molecule has 29 heavy (non-hydrogen) atoms. The van der Waals surface area contributed by atoms with Gasteiger partial charge in [-0.25, -0.2) is 4.39 Å². The molecule has 0 aliphatic heterocycles. The highest BCUT2D eigenvalue weighted by Crippen LogP contribution is 2.38. The Morgan fingerprint density at radius 1 is 1.10 bits per heavy atom. The molecule has 0 saturated heterocycles. The monoisotopic (exact) mass is 408 g/mol. The van der Waals surface area contributed by atoms with E-state index in [-0.39, 0.29) is 5.39 Å². The first kappa shape index (κ1) is 20.8. The fraction of sp³-hybridized carbons (Fsp3) is 0.333. The molecule has 0 atom stereocenters. The van der Waals surface area contributed by atoms with Crippen LogP contribution in [0.1, 0.15) is 31.7 Å². The van der Waals surface area contributed by atoms with Crippen molar-refractivity contribution in [1.82, 2.24) is 9.78 Å². The Kier molecular flexibility index (Phi) is 5.91. The Bertz CT molecular complexity index is 1090. The van der Waals surface area contributed by atoms with Gasteiger partial charge in [0.05, 0.1) is 12.5 Å². The highest BCUT2D eigenvalue weighted by Gasteiger charge is 2.38. The van der Waals surface area contributed by atoms with Crippen LogP contribution in [0, 0.1) is 5.82 Å². The molecule has 0 spiro atoms. The predicted octanol–water partition coefficient (Wildman–Crippen LogP) is 5.42. The van der Waals surface area contributed by atoms with E-state index < -0.39 is 34.2 Å². The number of unbranched alkanes of at least 4 members (excludes halogenated alkanes) is 2. The highest BCUT2D eigenvalue weighted by molar-refractivity contribution is 5.87. The van der Waals surface area contributed by atoms with E-state index in [1.165, 1.54) is 17.9 Å². The maximum Gasteiger partial charge on any atom is 0.419 e. The smallest absolute Gasteiger partial charge is 0.419 e. The molecule has 0 unspecified atom stereocenters. The standard InChI is InChI=1S/C21H20F4N2O2/c1-3-4-5-12-27-19-14(9-7-11-16(19)29-2)20(28)18(26-27)13-8-6-10-15(22)17(13)21(23,24)25/h6-11H,3-5,12H2,1-2H3. The van der Waals surface area contributed by atoms with Crippen molar-refractivity contribution in [3.8, 4) is 17.0 Å². The van der Waals surface area contributed by atoms with Crippen molar-refractivity contribution in [2.75, 3.05) is 7.11 Å². The van der Waals surface area contributed by atoms with Crippen LogP contribution in [-0.2, 0) is 12.7 Å². The summed E-state index contributed by atoms with van der Waals surface area (Å²) in [5.74, 6) is -1.05. The fourth-order valence-corrected chi connectivity index (χ4v) is 3.34. The number of aryl methyl sites for hydroxylation is 1. The molecule has 1 aromatic heterocycles. The molecule has 8 heteroatoms. The fourth-order valence-electron chi connectivity index (χ4n) is 3.34. The lowest BCUT2D eigenvalue weighted by molar-refractivity contribution is -0.139. The van der Waals surface area contributed by atoms with Crippen LogP contribution < -0.4 is 10.2 Å².